The van der Waals surface area contributed by atoms with Crippen molar-refractivity contribution in [2.45, 2.75) is 50.6 Å². The van der Waals surface area contributed by atoms with E-state index in [-0.39, 0.29) is 6.04 Å². The number of nitrogens with two attached hydrogens (primary N) is 1. The molecule has 19 heavy (non-hydrogen) atoms. The quantitative estimate of drug-likeness (QED) is 0.833. The van der Waals surface area contributed by atoms with Crippen molar-refractivity contribution in [2.75, 3.05) is 6.54 Å². The minimum Gasteiger partial charge on any atom is -0.346 e. The summed E-state index contributed by atoms with van der Waals surface area (Å²) in [6, 6.07) is 1.87. The van der Waals surface area contributed by atoms with Crippen LogP contribution in [0, 0.1) is 5.92 Å². The van der Waals surface area contributed by atoms with E-state index in [1.165, 1.54) is 6.42 Å². The first-order valence-electron chi connectivity index (χ1n) is 6.84. The highest BCUT2D eigenvalue weighted by molar-refractivity contribution is 7.89. The number of aromatic nitrogens is 1. The van der Waals surface area contributed by atoms with E-state index in [1.54, 1.807) is 12.3 Å². The maximum Gasteiger partial charge on any atom is 0.242 e. The van der Waals surface area contributed by atoms with Gasteiger partial charge in [0.25, 0.3) is 0 Å². The average molecular weight is 285 g/mol. The Morgan fingerprint density at radius 1 is 1.47 bits per heavy atom. The van der Waals surface area contributed by atoms with E-state index in [9.17, 15) is 8.42 Å². The van der Waals surface area contributed by atoms with Crippen LogP contribution in [0.25, 0.3) is 0 Å². The van der Waals surface area contributed by atoms with Crippen LogP contribution >= 0.6 is 0 Å². The number of rotatable bonds is 6. The molecule has 0 atom stereocenters. The van der Waals surface area contributed by atoms with Gasteiger partial charge in [-0.25, -0.2) is 13.1 Å². The van der Waals surface area contributed by atoms with Crippen molar-refractivity contribution in [1.82, 2.24) is 9.29 Å². The fourth-order valence-corrected chi connectivity index (χ4v) is 3.46. The molecule has 1 aromatic heterocycles. The molecule has 0 aliphatic heterocycles. The Morgan fingerprint density at radius 2 is 2.16 bits per heavy atom. The molecule has 1 fully saturated rings. The molecular weight excluding hydrogens is 262 g/mol. The summed E-state index contributed by atoms with van der Waals surface area (Å²) in [6.07, 6.45) is 5.15. The Bertz CT molecular complexity index is 530. The van der Waals surface area contributed by atoms with Crippen LogP contribution in [-0.2, 0) is 16.6 Å². The van der Waals surface area contributed by atoms with Gasteiger partial charge in [-0.2, -0.15) is 0 Å². The van der Waals surface area contributed by atoms with Crippen LogP contribution in [0.2, 0.25) is 0 Å². The Labute approximate surface area is 115 Å². The summed E-state index contributed by atoms with van der Waals surface area (Å²) in [7, 11) is -3.40. The minimum absolute atomic E-state index is 0.203. The third-order valence-corrected chi connectivity index (χ3v) is 5.16. The lowest BCUT2D eigenvalue weighted by molar-refractivity contribution is 0.316. The maximum absolute atomic E-state index is 12.2. The third kappa shape index (κ3) is 3.19. The Balaban J connectivity index is 2.14. The fraction of sp³-hybridized carbons (Fsp3) is 0.692. The van der Waals surface area contributed by atoms with Gasteiger partial charge >= 0.3 is 0 Å². The summed E-state index contributed by atoms with van der Waals surface area (Å²) in [5, 5.41) is 0. The van der Waals surface area contributed by atoms with Gasteiger partial charge in [-0.05, 0) is 38.7 Å². The molecule has 0 amide bonds. The van der Waals surface area contributed by atoms with Crippen LogP contribution < -0.4 is 10.5 Å². The van der Waals surface area contributed by atoms with Gasteiger partial charge in [0, 0.05) is 31.0 Å². The van der Waals surface area contributed by atoms with Crippen molar-refractivity contribution >= 4 is 10.0 Å². The molecule has 0 aromatic carbocycles. The molecule has 3 N–H and O–H groups in total. The second kappa shape index (κ2) is 5.64. The summed E-state index contributed by atoms with van der Waals surface area (Å²) in [5.74, 6) is 0.510. The lowest BCUT2D eigenvalue weighted by Gasteiger charge is -2.25. The molecule has 0 unspecified atom stereocenters. The predicted molar refractivity (Wildman–Crippen MR) is 75.2 cm³/mol. The molecule has 5 nitrogen and oxygen atoms in total. The second-order valence-corrected chi connectivity index (χ2v) is 7.29. The van der Waals surface area contributed by atoms with E-state index in [0.29, 0.717) is 23.9 Å². The summed E-state index contributed by atoms with van der Waals surface area (Å²) >= 11 is 0. The third-order valence-electron chi connectivity index (χ3n) is 3.77. The van der Waals surface area contributed by atoms with E-state index in [0.717, 1.165) is 18.5 Å². The molecule has 6 heteroatoms. The standard InChI is InChI=1S/C13H23N3O2S/c1-10(2)16-9-13(6-12(16)7-14)19(17,18)15-8-11-4-3-5-11/h6,9-11,15H,3-5,7-8,14H2,1-2H3. The SMILES string of the molecule is CC(C)n1cc(S(=O)(=O)NCC2CCC2)cc1CN. The van der Waals surface area contributed by atoms with E-state index in [4.69, 9.17) is 5.73 Å². The van der Waals surface area contributed by atoms with Crippen molar-refractivity contribution in [3.63, 3.8) is 0 Å². The number of hydrogen-bond donors (Lipinski definition) is 2. The Morgan fingerprint density at radius 3 is 2.58 bits per heavy atom. The maximum atomic E-state index is 12.2. The van der Waals surface area contributed by atoms with Gasteiger partial charge in [0.05, 0.1) is 4.90 Å². The van der Waals surface area contributed by atoms with E-state index < -0.39 is 10.0 Å². The van der Waals surface area contributed by atoms with Gasteiger partial charge in [-0.15, -0.1) is 0 Å². The van der Waals surface area contributed by atoms with E-state index in [1.807, 2.05) is 18.4 Å². The topological polar surface area (TPSA) is 77.1 Å². The van der Waals surface area contributed by atoms with Gasteiger partial charge in [-0.3, -0.25) is 0 Å². The lowest BCUT2D eigenvalue weighted by atomic mass is 9.86. The van der Waals surface area contributed by atoms with Crippen LogP contribution in [0.1, 0.15) is 44.8 Å². The summed E-state index contributed by atoms with van der Waals surface area (Å²) in [4.78, 5) is 0.320. The monoisotopic (exact) mass is 285 g/mol. The zero-order valence-electron chi connectivity index (χ0n) is 11.6. The van der Waals surface area contributed by atoms with Gasteiger partial charge in [0.15, 0.2) is 0 Å². The lowest BCUT2D eigenvalue weighted by Crippen LogP contribution is -2.32. The Hall–Kier alpha value is -0.850. The highest BCUT2D eigenvalue weighted by Crippen LogP contribution is 2.26. The largest absolute Gasteiger partial charge is 0.346 e. The number of nitrogens with one attached hydrogen (secondary N) is 1. The fourth-order valence-electron chi connectivity index (χ4n) is 2.30. The van der Waals surface area contributed by atoms with Crippen molar-refractivity contribution in [2.24, 2.45) is 11.7 Å². The van der Waals surface area contributed by atoms with E-state index >= 15 is 0 Å². The van der Waals surface area contributed by atoms with Crippen molar-refractivity contribution in [3.05, 3.63) is 18.0 Å². The number of hydrogen-bond acceptors (Lipinski definition) is 3. The molecule has 1 aliphatic carbocycles. The summed E-state index contributed by atoms with van der Waals surface area (Å²) in [6.45, 7) is 4.91. The van der Waals surface area contributed by atoms with Gasteiger partial charge in [0.2, 0.25) is 10.0 Å². The van der Waals surface area contributed by atoms with Crippen LogP contribution in [0.4, 0.5) is 0 Å². The molecule has 0 saturated heterocycles. The molecule has 1 saturated carbocycles. The Kier molecular flexibility index (Phi) is 4.32. The molecule has 1 aromatic rings. The van der Waals surface area contributed by atoms with Crippen LogP contribution in [0.5, 0.6) is 0 Å². The molecule has 108 valence electrons. The first-order chi connectivity index (χ1) is 8.94. The number of nitrogens with zero attached hydrogens (tertiary/aromatic N) is 1. The molecule has 0 spiro atoms. The highest BCUT2D eigenvalue weighted by Gasteiger charge is 2.23. The van der Waals surface area contributed by atoms with E-state index in [2.05, 4.69) is 4.72 Å². The van der Waals surface area contributed by atoms with Gasteiger partial charge in [-0.1, -0.05) is 6.42 Å². The zero-order chi connectivity index (χ0) is 14.0. The molecule has 1 heterocycles. The van der Waals surface area contributed by atoms with Crippen molar-refractivity contribution < 1.29 is 8.42 Å². The van der Waals surface area contributed by atoms with Crippen LogP contribution in [-0.4, -0.2) is 19.5 Å². The van der Waals surface area contributed by atoms with Crippen LogP contribution in [0.3, 0.4) is 0 Å². The van der Waals surface area contributed by atoms with Gasteiger partial charge in [0.1, 0.15) is 0 Å². The van der Waals surface area contributed by atoms with Crippen molar-refractivity contribution in [1.29, 1.82) is 0 Å². The molecular formula is C13H23N3O2S. The zero-order valence-corrected chi connectivity index (χ0v) is 12.4. The van der Waals surface area contributed by atoms with Crippen LogP contribution in [0.15, 0.2) is 17.2 Å². The number of sulfonamides is 1. The molecule has 1 aliphatic rings. The first kappa shape index (κ1) is 14.6. The first-order valence-corrected chi connectivity index (χ1v) is 8.33. The normalized spacial score (nSPS) is 16.8. The predicted octanol–water partition coefficient (Wildman–Crippen LogP) is 1.61. The molecule has 2 rings (SSSR count). The summed E-state index contributed by atoms with van der Waals surface area (Å²) < 4.78 is 29.0. The smallest absolute Gasteiger partial charge is 0.242 e. The highest BCUT2D eigenvalue weighted by atomic mass is 32.2. The molecule has 0 radical (unpaired) electrons. The minimum atomic E-state index is -3.40. The van der Waals surface area contributed by atoms with Gasteiger partial charge < -0.3 is 10.3 Å². The average Bonchev–Trinajstić information content (AvgIpc) is 2.71. The second-order valence-electron chi connectivity index (χ2n) is 5.52. The molecule has 0 bridgehead atoms. The summed E-state index contributed by atoms with van der Waals surface area (Å²) in [5.41, 5.74) is 6.51. The van der Waals surface area contributed by atoms with Crippen molar-refractivity contribution in [3.8, 4) is 0 Å².